The van der Waals surface area contributed by atoms with Gasteiger partial charge >= 0.3 is 0 Å². The van der Waals surface area contributed by atoms with Crippen molar-refractivity contribution in [2.75, 3.05) is 5.32 Å². The second-order valence-electron chi connectivity index (χ2n) is 5.70. The molecule has 0 radical (unpaired) electrons. The van der Waals surface area contributed by atoms with Gasteiger partial charge in [0.2, 0.25) is 5.95 Å². The number of imidazole rings is 1. The number of nitrogens with one attached hydrogen (secondary N) is 1. The van der Waals surface area contributed by atoms with E-state index in [2.05, 4.69) is 55.8 Å². The number of anilines is 1. The summed E-state index contributed by atoms with van der Waals surface area (Å²) in [6, 6.07) is 8.40. The summed E-state index contributed by atoms with van der Waals surface area (Å²) in [5.41, 5.74) is 2.47. The van der Waals surface area contributed by atoms with E-state index in [9.17, 15) is 0 Å². The number of para-hydroxylation sites is 2. The molecule has 3 rings (SSSR count). The highest BCUT2D eigenvalue weighted by atomic mass is 15.4. The zero-order valence-electron chi connectivity index (χ0n) is 11.6. The number of hydrogen-bond acceptors (Lipinski definition) is 2. The molecule has 1 aromatic carbocycles. The van der Waals surface area contributed by atoms with Crippen LogP contribution in [0, 0.1) is 0 Å². The Kier molecular flexibility index (Phi) is 2.25. The maximum Gasteiger partial charge on any atom is 0.204 e. The number of hydrogen-bond donors (Lipinski definition) is 1. The van der Waals surface area contributed by atoms with Gasteiger partial charge in [0.15, 0.2) is 0 Å². The van der Waals surface area contributed by atoms with E-state index < -0.39 is 0 Å². The summed E-state index contributed by atoms with van der Waals surface area (Å²) in [6.07, 6.45) is 2.19. The van der Waals surface area contributed by atoms with Crippen molar-refractivity contribution in [3.05, 3.63) is 24.3 Å². The third kappa shape index (κ3) is 1.17. The lowest BCUT2D eigenvalue weighted by molar-refractivity contribution is 0.208. The number of fused-ring (bicyclic) bond motifs is 3. The third-order valence-corrected chi connectivity index (χ3v) is 5.03. The van der Waals surface area contributed by atoms with Crippen molar-refractivity contribution in [3.63, 3.8) is 0 Å². The molecule has 1 aromatic heterocycles. The summed E-state index contributed by atoms with van der Waals surface area (Å²) in [5.74, 6) is 1.02. The summed E-state index contributed by atoms with van der Waals surface area (Å²) in [5, 5.41) is 3.64. The Morgan fingerprint density at radius 1 is 1.17 bits per heavy atom. The molecule has 2 unspecified atom stereocenters. The molecule has 2 heterocycles. The first kappa shape index (κ1) is 11.6. The molecule has 0 saturated heterocycles. The van der Waals surface area contributed by atoms with Crippen molar-refractivity contribution in [1.82, 2.24) is 9.55 Å². The zero-order chi connectivity index (χ0) is 13.0. The summed E-state index contributed by atoms with van der Waals surface area (Å²) in [6.45, 7) is 9.16. The minimum absolute atomic E-state index is 0.0766. The molecule has 0 amide bonds. The van der Waals surface area contributed by atoms with Crippen molar-refractivity contribution in [2.45, 2.75) is 51.6 Å². The number of nitrogens with zero attached hydrogens (tertiary/aromatic N) is 2. The Balaban J connectivity index is 2.31. The fraction of sp³-hybridized carbons (Fsp3) is 0.533. The predicted molar refractivity (Wildman–Crippen MR) is 76.0 cm³/mol. The van der Waals surface area contributed by atoms with Crippen LogP contribution in [0.15, 0.2) is 24.3 Å². The first-order chi connectivity index (χ1) is 8.55. The SMILES string of the molecule is CCC1(C)Nc2nc3ccccc3n2C1(C)CC. The van der Waals surface area contributed by atoms with Gasteiger partial charge in [0.1, 0.15) is 0 Å². The van der Waals surface area contributed by atoms with E-state index in [0.29, 0.717) is 0 Å². The molecule has 1 N–H and O–H groups in total. The second kappa shape index (κ2) is 3.50. The van der Waals surface area contributed by atoms with E-state index in [1.54, 1.807) is 0 Å². The van der Waals surface area contributed by atoms with E-state index in [-0.39, 0.29) is 11.1 Å². The highest BCUT2D eigenvalue weighted by molar-refractivity contribution is 5.80. The zero-order valence-corrected chi connectivity index (χ0v) is 11.6. The van der Waals surface area contributed by atoms with E-state index in [0.717, 1.165) is 24.3 Å². The highest BCUT2D eigenvalue weighted by Crippen LogP contribution is 2.47. The first-order valence-electron chi connectivity index (χ1n) is 6.82. The summed E-state index contributed by atoms with van der Waals surface area (Å²) in [7, 11) is 0. The lowest BCUT2D eigenvalue weighted by Crippen LogP contribution is -2.50. The van der Waals surface area contributed by atoms with Gasteiger partial charge in [-0.2, -0.15) is 0 Å². The third-order valence-electron chi connectivity index (χ3n) is 5.03. The van der Waals surface area contributed by atoms with Gasteiger partial charge in [0.25, 0.3) is 0 Å². The van der Waals surface area contributed by atoms with Crippen LogP contribution in [0.5, 0.6) is 0 Å². The van der Waals surface area contributed by atoms with Crippen molar-refractivity contribution in [2.24, 2.45) is 0 Å². The van der Waals surface area contributed by atoms with E-state index in [4.69, 9.17) is 4.98 Å². The van der Waals surface area contributed by atoms with Crippen molar-refractivity contribution in [1.29, 1.82) is 0 Å². The molecule has 1 aliphatic heterocycles. The largest absolute Gasteiger partial charge is 0.348 e. The Morgan fingerprint density at radius 3 is 2.56 bits per heavy atom. The van der Waals surface area contributed by atoms with E-state index >= 15 is 0 Å². The lowest BCUT2D eigenvalue weighted by atomic mass is 9.76. The van der Waals surface area contributed by atoms with Gasteiger partial charge in [-0.15, -0.1) is 0 Å². The van der Waals surface area contributed by atoms with Gasteiger partial charge in [-0.3, -0.25) is 0 Å². The smallest absolute Gasteiger partial charge is 0.204 e. The minimum Gasteiger partial charge on any atom is -0.348 e. The van der Waals surface area contributed by atoms with Crippen molar-refractivity contribution >= 4 is 17.0 Å². The Bertz CT molecular complexity index is 601. The molecule has 3 heteroatoms. The lowest BCUT2D eigenvalue weighted by Gasteiger charge is -2.40. The van der Waals surface area contributed by atoms with Crippen molar-refractivity contribution < 1.29 is 0 Å². The molecular formula is C15H21N3. The van der Waals surface area contributed by atoms with Crippen LogP contribution in [-0.2, 0) is 5.54 Å². The average Bonchev–Trinajstić information content (AvgIpc) is 2.84. The van der Waals surface area contributed by atoms with E-state index in [1.807, 2.05) is 6.07 Å². The molecule has 2 aromatic rings. The molecule has 0 aliphatic carbocycles. The van der Waals surface area contributed by atoms with Gasteiger partial charge in [0.05, 0.1) is 22.1 Å². The van der Waals surface area contributed by atoms with Crippen LogP contribution in [0.4, 0.5) is 5.95 Å². The fourth-order valence-electron chi connectivity index (χ4n) is 3.26. The summed E-state index contributed by atoms with van der Waals surface area (Å²) in [4.78, 5) is 4.73. The highest BCUT2D eigenvalue weighted by Gasteiger charge is 2.50. The van der Waals surface area contributed by atoms with Crippen LogP contribution < -0.4 is 5.32 Å². The second-order valence-corrected chi connectivity index (χ2v) is 5.70. The molecule has 3 nitrogen and oxygen atoms in total. The molecule has 18 heavy (non-hydrogen) atoms. The topological polar surface area (TPSA) is 29.9 Å². The molecule has 0 fully saturated rings. The molecule has 0 saturated carbocycles. The van der Waals surface area contributed by atoms with Crippen LogP contribution in [0.1, 0.15) is 40.5 Å². The van der Waals surface area contributed by atoms with Crippen LogP contribution in [0.2, 0.25) is 0 Å². The Labute approximate surface area is 108 Å². The maximum absolute atomic E-state index is 4.73. The summed E-state index contributed by atoms with van der Waals surface area (Å²) < 4.78 is 2.39. The van der Waals surface area contributed by atoms with Crippen LogP contribution in [-0.4, -0.2) is 15.1 Å². The summed E-state index contributed by atoms with van der Waals surface area (Å²) >= 11 is 0. The van der Waals surface area contributed by atoms with Gasteiger partial charge in [-0.1, -0.05) is 26.0 Å². The van der Waals surface area contributed by atoms with Crippen LogP contribution >= 0.6 is 0 Å². The predicted octanol–water partition coefficient (Wildman–Crippen LogP) is 3.76. The molecular weight excluding hydrogens is 222 g/mol. The number of aromatic nitrogens is 2. The number of rotatable bonds is 2. The fourth-order valence-corrected chi connectivity index (χ4v) is 3.26. The van der Waals surface area contributed by atoms with Crippen LogP contribution in [0.25, 0.3) is 11.0 Å². The molecule has 1 aliphatic rings. The molecule has 2 atom stereocenters. The minimum atomic E-state index is 0.0766. The van der Waals surface area contributed by atoms with Crippen LogP contribution in [0.3, 0.4) is 0 Å². The molecule has 0 bridgehead atoms. The van der Waals surface area contributed by atoms with Crippen molar-refractivity contribution in [3.8, 4) is 0 Å². The van der Waals surface area contributed by atoms with Gasteiger partial charge in [-0.05, 0) is 38.8 Å². The Hall–Kier alpha value is -1.51. The van der Waals surface area contributed by atoms with Gasteiger partial charge < -0.3 is 9.88 Å². The normalized spacial score (nSPS) is 30.4. The number of benzene rings is 1. The van der Waals surface area contributed by atoms with Gasteiger partial charge in [0, 0.05) is 0 Å². The quantitative estimate of drug-likeness (QED) is 0.870. The monoisotopic (exact) mass is 243 g/mol. The Morgan fingerprint density at radius 2 is 1.89 bits per heavy atom. The first-order valence-corrected chi connectivity index (χ1v) is 6.82. The molecule has 0 spiro atoms. The average molecular weight is 243 g/mol. The molecule has 96 valence electrons. The van der Waals surface area contributed by atoms with E-state index in [1.165, 1.54) is 5.52 Å². The van der Waals surface area contributed by atoms with Gasteiger partial charge in [-0.25, -0.2) is 4.98 Å². The maximum atomic E-state index is 4.73. The standard InChI is InChI=1S/C15H21N3/c1-5-14(3)15(4,6-2)18-12-10-8-7-9-11(12)16-13(18)17-14/h7-10H,5-6H2,1-4H3,(H,16,17).